The van der Waals surface area contributed by atoms with Gasteiger partial charge in [-0.15, -0.1) is 0 Å². The van der Waals surface area contributed by atoms with Crippen LogP contribution in [0, 0.1) is 12.7 Å². The Kier molecular flexibility index (Phi) is 4.35. The van der Waals surface area contributed by atoms with E-state index in [0.717, 1.165) is 0 Å². The van der Waals surface area contributed by atoms with Crippen LogP contribution in [-0.4, -0.2) is 51.2 Å². The van der Waals surface area contributed by atoms with E-state index in [1.807, 2.05) is 25.8 Å². The quantitative estimate of drug-likeness (QED) is 0.872. The Morgan fingerprint density at radius 1 is 1.42 bits per heavy atom. The third kappa shape index (κ3) is 3.16. The van der Waals surface area contributed by atoms with Gasteiger partial charge in [-0.3, -0.25) is 14.7 Å². The molecule has 1 aliphatic heterocycles. The molecule has 3 rings (SSSR count). The molecule has 1 N–H and O–H groups in total. The van der Waals surface area contributed by atoms with Gasteiger partial charge in [0.25, 0.3) is 5.56 Å². The average Bonchev–Trinajstić information content (AvgIpc) is 2.85. The first-order valence-electron chi connectivity index (χ1n) is 7.89. The highest BCUT2D eigenvalue weighted by atomic mass is 19.1. The number of likely N-dealkylation sites (N-methyl/N-ethyl adjacent to an activating group) is 1. The SMILES string of the molecule is Cc1noc(CN(C)C2CN(c3nc(C(C)C)c(F)c(=O)[nH]3)C2)n1. The Morgan fingerprint density at radius 3 is 2.71 bits per heavy atom. The summed E-state index contributed by atoms with van der Waals surface area (Å²) in [5.41, 5.74) is -0.520. The minimum absolute atomic E-state index is 0.147. The molecule has 0 radical (unpaired) electrons. The van der Waals surface area contributed by atoms with E-state index in [-0.39, 0.29) is 17.7 Å². The second-order valence-electron chi connectivity index (χ2n) is 6.45. The lowest BCUT2D eigenvalue weighted by Gasteiger charge is -2.43. The highest BCUT2D eigenvalue weighted by Crippen LogP contribution is 2.22. The zero-order valence-corrected chi connectivity index (χ0v) is 14.2. The fourth-order valence-electron chi connectivity index (χ4n) is 2.65. The average molecular weight is 336 g/mol. The maximum absolute atomic E-state index is 13.8. The van der Waals surface area contributed by atoms with Crippen LogP contribution in [0.4, 0.5) is 10.3 Å². The molecule has 0 bridgehead atoms. The number of nitrogens with zero attached hydrogens (tertiary/aromatic N) is 5. The summed E-state index contributed by atoms with van der Waals surface area (Å²) >= 11 is 0. The zero-order chi connectivity index (χ0) is 17.4. The Hall–Kier alpha value is -2.29. The fourth-order valence-corrected chi connectivity index (χ4v) is 2.65. The number of aromatic amines is 1. The molecule has 0 unspecified atom stereocenters. The van der Waals surface area contributed by atoms with Crippen molar-refractivity contribution in [2.75, 3.05) is 25.0 Å². The van der Waals surface area contributed by atoms with E-state index in [9.17, 15) is 9.18 Å². The largest absolute Gasteiger partial charge is 0.339 e. The molecule has 0 aliphatic carbocycles. The summed E-state index contributed by atoms with van der Waals surface area (Å²) in [5, 5.41) is 3.77. The molecular formula is C15H21FN6O2. The van der Waals surface area contributed by atoms with Crippen LogP contribution in [0.25, 0.3) is 0 Å². The Labute approximate surface area is 138 Å². The standard InChI is InChI=1S/C15H21FN6O2/c1-8(2)13-12(16)14(23)19-15(18-13)22-5-10(6-22)21(4)7-11-17-9(3)20-24-11/h8,10H,5-7H2,1-4H3,(H,18,19,23). The molecular weight excluding hydrogens is 315 g/mol. The molecule has 2 aromatic heterocycles. The Morgan fingerprint density at radius 2 is 2.12 bits per heavy atom. The number of aryl methyl sites for hydroxylation is 1. The normalized spacial score (nSPS) is 15.4. The van der Waals surface area contributed by atoms with Crippen LogP contribution in [0.1, 0.15) is 37.2 Å². The van der Waals surface area contributed by atoms with Crippen LogP contribution in [-0.2, 0) is 6.54 Å². The smallest absolute Gasteiger partial charge is 0.288 e. The van der Waals surface area contributed by atoms with E-state index in [4.69, 9.17) is 4.52 Å². The summed E-state index contributed by atoms with van der Waals surface area (Å²) in [6.07, 6.45) is 0. The van der Waals surface area contributed by atoms with Gasteiger partial charge in [-0.25, -0.2) is 4.98 Å². The van der Waals surface area contributed by atoms with Crippen LogP contribution >= 0.6 is 0 Å². The lowest BCUT2D eigenvalue weighted by atomic mass is 10.1. The molecule has 24 heavy (non-hydrogen) atoms. The molecule has 1 saturated heterocycles. The minimum atomic E-state index is -0.797. The van der Waals surface area contributed by atoms with Crippen LogP contribution < -0.4 is 10.5 Å². The number of hydrogen-bond acceptors (Lipinski definition) is 7. The molecule has 0 spiro atoms. The van der Waals surface area contributed by atoms with Crippen LogP contribution in [0.2, 0.25) is 0 Å². The Balaban J connectivity index is 1.65. The summed E-state index contributed by atoms with van der Waals surface area (Å²) in [6.45, 7) is 7.35. The van der Waals surface area contributed by atoms with Gasteiger partial charge in [-0.1, -0.05) is 19.0 Å². The predicted molar refractivity (Wildman–Crippen MR) is 85.4 cm³/mol. The van der Waals surface area contributed by atoms with E-state index in [0.29, 0.717) is 37.3 Å². The number of halogens is 1. The van der Waals surface area contributed by atoms with Gasteiger partial charge in [0.05, 0.1) is 12.2 Å². The highest BCUT2D eigenvalue weighted by Gasteiger charge is 2.33. The monoisotopic (exact) mass is 336 g/mol. The summed E-state index contributed by atoms with van der Waals surface area (Å²) < 4.78 is 18.9. The zero-order valence-electron chi connectivity index (χ0n) is 14.2. The number of anilines is 1. The lowest BCUT2D eigenvalue weighted by Crippen LogP contribution is -2.59. The van der Waals surface area contributed by atoms with Gasteiger partial charge in [0.2, 0.25) is 17.7 Å². The highest BCUT2D eigenvalue weighted by molar-refractivity contribution is 5.36. The van der Waals surface area contributed by atoms with Gasteiger partial charge in [-0.2, -0.15) is 9.37 Å². The molecule has 0 aromatic carbocycles. The van der Waals surface area contributed by atoms with Crippen molar-refractivity contribution in [3.63, 3.8) is 0 Å². The van der Waals surface area contributed by atoms with E-state index < -0.39 is 11.4 Å². The number of H-pyrrole nitrogens is 1. The van der Waals surface area contributed by atoms with Gasteiger partial charge < -0.3 is 9.42 Å². The molecule has 1 aliphatic rings. The van der Waals surface area contributed by atoms with Crippen molar-refractivity contribution >= 4 is 5.95 Å². The maximum atomic E-state index is 13.8. The minimum Gasteiger partial charge on any atom is -0.339 e. The van der Waals surface area contributed by atoms with Gasteiger partial charge in [-0.05, 0) is 19.9 Å². The molecule has 8 nitrogen and oxygen atoms in total. The van der Waals surface area contributed by atoms with Crippen LogP contribution in [0.3, 0.4) is 0 Å². The molecule has 9 heteroatoms. The maximum Gasteiger partial charge on any atom is 0.288 e. The van der Waals surface area contributed by atoms with Crippen molar-refractivity contribution in [2.24, 2.45) is 0 Å². The summed E-state index contributed by atoms with van der Waals surface area (Å²) in [4.78, 5) is 26.7. The fraction of sp³-hybridized carbons (Fsp3) is 0.600. The van der Waals surface area contributed by atoms with E-state index in [1.54, 1.807) is 6.92 Å². The van der Waals surface area contributed by atoms with Gasteiger partial charge in [0.15, 0.2) is 5.82 Å². The third-order valence-electron chi connectivity index (χ3n) is 4.16. The van der Waals surface area contributed by atoms with Gasteiger partial charge in [0, 0.05) is 19.1 Å². The van der Waals surface area contributed by atoms with Crippen molar-refractivity contribution < 1.29 is 8.91 Å². The molecule has 0 saturated carbocycles. The molecule has 0 amide bonds. The number of rotatable bonds is 5. The number of aromatic nitrogens is 4. The van der Waals surface area contributed by atoms with Crippen LogP contribution in [0.15, 0.2) is 9.32 Å². The first-order chi connectivity index (χ1) is 11.3. The molecule has 3 heterocycles. The van der Waals surface area contributed by atoms with E-state index in [2.05, 4.69) is 25.0 Å². The molecule has 130 valence electrons. The predicted octanol–water partition coefficient (Wildman–Crippen LogP) is 1.04. The van der Waals surface area contributed by atoms with Crippen molar-refractivity contribution in [2.45, 2.75) is 39.3 Å². The third-order valence-corrected chi connectivity index (χ3v) is 4.16. The first-order valence-corrected chi connectivity index (χ1v) is 7.89. The molecule has 1 fully saturated rings. The van der Waals surface area contributed by atoms with E-state index >= 15 is 0 Å². The first kappa shape index (κ1) is 16.6. The van der Waals surface area contributed by atoms with Gasteiger partial charge in [0.1, 0.15) is 0 Å². The summed E-state index contributed by atoms with van der Waals surface area (Å²) in [6, 6.07) is 0.273. The van der Waals surface area contributed by atoms with Crippen molar-refractivity contribution in [3.8, 4) is 0 Å². The summed E-state index contributed by atoms with van der Waals surface area (Å²) in [7, 11) is 1.97. The topological polar surface area (TPSA) is 91.2 Å². The van der Waals surface area contributed by atoms with Gasteiger partial charge >= 0.3 is 0 Å². The Bertz CT molecular complexity index is 781. The second kappa shape index (κ2) is 6.31. The molecule has 2 aromatic rings. The van der Waals surface area contributed by atoms with Crippen LogP contribution in [0.5, 0.6) is 0 Å². The number of hydrogen-bond donors (Lipinski definition) is 1. The second-order valence-corrected chi connectivity index (χ2v) is 6.45. The van der Waals surface area contributed by atoms with Crippen molar-refractivity contribution in [1.29, 1.82) is 0 Å². The van der Waals surface area contributed by atoms with E-state index in [1.165, 1.54) is 0 Å². The molecule has 0 atom stereocenters. The summed E-state index contributed by atoms with van der Waals surface area (Å²) in [5.74, 6) is 0.663. The lowest BCUT2D eigenvalue weighted by molar-refractivity contribution is 0.173. The van der Waals surface area contributed by atoms with Crippen molar-refractivity contribution in [1.82, 2.24) is 25.0 Å². The van der Waals surface area contributed by atoms with Crippen molar-refractivity contribution in [3.05, 3.63) is 33.6 Å². The number of nitrogens with one attached hydrogen (secondary N) is 1.